The van der Waals surface area contributed by atoms with Crippen molar-refractivity contribution in [3.63, 3.8) is 0 Å². The monoisotopic (exact) mass is 329 g/mol. The van der Waals surface area contributed by atoms with Crippen LogP contribution in [-0.4, -0.2) is 25.2 Å². The molecule has 0 aliphatic rings. The summed E-state index contributed by atoms with van der Waals surface area (Å²) >= 11 is 3.39. The number of carbonyl (C=O) groups is 1. The lowest BCUT2D eigenvalue weighted by Crippen LogP contribution is -2.25. The molecule has 0 bridgehead atoms. The number of methoxy groups -OCH3 is 1. The molecule has 1 rings (SSSR count). The Kier molecular flexibility index (Phi) is 5.66. The molecular formula is C14H20BrNO3. The van der Waals surface area contributed by atoms with Gasteiger partial charge in [0.05, 0.1) is 18.0 Å². The average molecular weight is 330 g/mol. The molecule has 0 atom stereocenters. The van der Waals surface area contributed by atoms with Crippen LogP contribution >= 0.6 is 15.9 Å². The van der Waals surface area contributed by atoms with Gasteiger partial charge in [-0.2, -0.15) is 0 Å². The number of nitrogens with one attached hydrogen (secondary N) is 1. The van der Waals surface area contributed by atoms with Crippen molar-refractivity contribution < 1.29 is 14.3 Å². The van der Waals surface area contributed by atoms with Crippen LogP contribution in [0.3, 0.4) is 0 Å². The van der Waals surface area contributed by atoms with E-state index < -0.39 is 5.60 Å². The van der Waals surface area contributed by atoms with Crippen LogP contribution in [0.2, 0.25) is 0 Å². The topological polar surface area (TPSA) is 47.6 Å². The molecule has 0 saturated carbocycles. The molecule has 0 aliphatic carbocycles. The highest BCUT2D eigenvalue weighted by atomic mass is 79.9. The Balaban J connectivity index is 2.43. The smallest absolute Gasteiger partial charge is 0.308 e. The van der Waals surface area contributed by atoms with Crippen LogP contribution in [0.25, 0.3) is 0 Å². The van der Waals surface area contributed by atoms with Gasteiger partial charge >= 0.3 is 5.97 Å². The molecule has 0 aromatic heterocycles. The van der Waals surface area contributed by atoms with E-state index in [1.54, 1.807) is 7.11 Å². The van der Waals surface area contributed by atoms with Crippen molar-refractivity contribution >= 4 is 27.6 Å². The minimum absolute atomic E-state index is 0.205. The SMILES string of the molecule is COc1cc(NCCC(=O)OC(C)(C)C)ccc1Br. The van der Waals surface area contributed by atoms with Crippen LogP contribution < -0.4 is 10.1 Å². The lowest BCUT2D eigenvalue weighted by atomic mass is 10.2. The van der Waals surface area contributed by atoms with E-state index in [1.165, 1.54) is 0 Å². The molecule has 0 radical (unpaired) electrons. The number of hydrogen-bond donors (Lipinski definition) is 1. The van der Waals surface area contributed by atoms with Crippen LogP contribution in [0.15, 0.2) is 22.7 Å². The van der Waals surface area contributed by atoms with E-state index in [1.807, 2.05) is 39.0 Å². The summed E-state index contributed by atoms with van der Waals surface area (Å²) in [6.45, 7) is 6.10. The number of benzene rings is 1. The van der Waals surface area contributed by atoms with Crippen molar-refractivity contribution in [2.45, 2.75) is 32.8 Å². The average Bonchev–Trinajstić information content (AvgIpc) is 2.29. The van der Waals surface area contributed by atoms with E-state index in [2.05, 4.69) is 21.2 Å². The number of anilines is 1. The lowest BCUT2D eigenvalue weighted by molar-refractivity contribution is -0.154. The molecule has 106 valence electrons. The van der Waals surface area contributed by atoms with E-state index in [0.29, 0.717) is 13.0 Å². The summed E-state index contributed by atoms with van der Waals surface area (Å²) in [7, 11) is 1.62. The molecule has 0 fully saturated rings. The summed E-state index contributed by atoms with van der Waals surface area (Å²) in [6.07, 6.45) is 0.329. The molecule has 0 aliphatic heterocycles. The van der Waals surface area contributed by atoms with Gasteiger partial charge < -0.3 is 14.8 Å². The van der Waals surface area contributed by atoms with Gasteiger partial charge in [-0.05, 0) is 48.8 Å². The molecule has 0 amide bonds. The molecule has 1 aromatic carbocycles. The van der Waals surface area contributed by atoms with Crippen LogP contribution in [0.4, 0.5) is 5.69 Å². The minimum Gasteiger partial charge on any atom is -0.495 e. The molecule has 19 heavy (non-hydrogen) atoms. The van der Waals surface area contributed by atoms with Crippen molar-refractivity contribution in [3.05, 3.63) is 22.7 Å². The summed E-state index contributed by atoms with van der Waals surface area (Å²) in [5.74, 6) is 0.548. The van der Waals surface area contributed by atoms with E-state index in [-0.39, 0.29) is 5.97 Å². The van der Waals surface area contributed by atoms with E-state index in [0.717, 1.165) is 15.9 Å². The Bertz CT molecular complexity index is 441. The minimum atomic E-state index is -0.433. The predicted octanol–water partition coefficient (Wildman–Crippen LogP) is 3.60. The maximum absolute atomic E-state index is 11.5. The Hall–Kier alpha value is -1.23. The Morgan fingerprint density at radius 1 is 1.37 bits per heavy atom. The second kappa shape index (κ2) is 6.80. The number of carbonyl (C=O) groups excluding carboxylic acids is 1. The quantitative estimate of drug-likeness (QED) is 0.838. The normalized spacial score (nSPS) is 11.0. The Morgan fingerprint density at radius 3 is 2.63 bits per heavy atom. The molecule has 1 N–H and O–H groups in total. The summed E-state index contributed by atoms with van der Waals surface area (Å²) in [5, 5.41) is 3.16. The molecule has 0 spiro atoms. The van der Waals surface area contributed by atoms with Crippen molar-refractivity contribution in [1.82, 2.24) is 0 Å². The molecule has 0 unspecified atom stereocenters. The third kappa shape index (κ3) is 5.96. The lowest BCUT2D eigenvalue weighted by Gasteiger charge is -2.19. The maximum Gasteiger partial charge on any atom is 0.308 e. The van der Waals surface area contributed by atoms with Gasteiger partial charge in [-0.1, -0.05) is 0 Å². The van der Waals surface area contributed by atoms with Gasteiger partial charge in [-0.3, -0.25) is 4.79 Å². The van der Waals surface area contributed by atoms with Gasteiger partial charge in [0.2, 0.25) is 0 Å². The molecular weight excluding hydrogens is 310 g/mol. The molecule has 5 heteroatoms. The van der Waals surface area contributed by atoms with Gasteiger partial charge in [-0.15, -0.1) is 0 Å². The first-order valence-electron chi connectivity index (χ1n) is 6.11. The highest BCUT2D eigenvalue weighted by Crippen LogP contribution is 2.27. The zero-order chi connectivity index (χ0) is 14.5. The van der Waals surface area contributed by atoms with Crippen molar-refractivity contribution in [2.75, 3.05) is 19.0 Å². The standard InChI is InChI=1S/C14H20BrNO3/c1-14(2,3)19-13(17)7-8-16-10-5-6-11(15)12(9-10)18-4/h5-6,9,16H,7-8H2,1-4H3. The zero-order valence-electron chi connectivity index (χ0n) is 11.7. The molecule has 4 nitrogen and oxygen atoms in total. The van der Waals surface area contributed by atoms with Crippen LogP contribution in [0.1, 0.15) is 27.2 Å². The highest BCUT2D eigenvalue weighted by Gasteiger charge is 2.15. The first kappa shape index (κ1) is 15.8. The Morgan fingerprint density at radius 2 is 2.05 bits per heavy atom. The number of ether oxygens (including phenoxy) is 2. The van der Waals surface area contributed by atoms with Crippen molar-refractivity contribution in [2.24, 2.45) is 0 Å². The fourth-order valence-corrected chi connectivity index (χ4v) is 1.88. The largest absolute Gasteiger partial charge is 0.495 e. The van der Waals surface area contributed by atoms with Gasteiger partial charge in [0, 0.05) is 18.3 Å². The van der Waals surface area contributed by atoms with E-state index in [4.69, 9.17) is 9.47 Å². The third-order valence-electron chi connectivity index (χ3n) is 2.23. The summed E-state index contributed by atoms with van der Waals surface area (Å²) in [4.78, 5) is 11.5. The van der Waals surface area contributed by atoms with Crippen LogP contribution in [-0.2, 0) is 9.53 Å². The molecule has 0 saturated heterocycles. The van der Waals surface area contributed by atoms with Crippen molar-refractivity contribution in [1.29, 1.82) is 0 Å². The van der Waals surface area contributed by atoms with E-state index in [9.17, 15) is 4.79 Å². The number of hydrogen-bond acceptors (Lipinski definition) is 4. The van der Waals surface area contributed by atoms with Gasteiger partial charge in [0.1, 0.15) is 11.4 Å². The van der Waals surface area contributed by atoms with Crippen LogP contribution in [0, 0.1) is 0 Å². The first-order chi connectivity index (χ1) is 8.81. The highest BCUT2D eigenvalue weighted by molar-refractivity contribution is 9.10. The van der Waals surface area contributed by atoms with E-state index >= 15 is 0 Å². The fraction of sp³-hybridized carbons (Fsp3) is 0.500. The Labute approximate surface area is 122 Å². The number of rotatable bonds is 5. The molecule has 0 heterocycles. The van der Waals surface area contributed by atoms with Crippen molar-refractivity contribution in [3.8, 4) is 5.75 Å². The summed E-state index contributed by atoms with van der Waals surface area (Å²) < 4.78 is 11.3. The molecule has 1 aromatic rings. The van der Waals surface area contributed by atoms with Gasteiger partial charge in [-0.25, -0.2) is 0 Å². The number of esters is 1. The maximum atomic E-state index is 11.5. The summed E-state index contributed by atoms with van der Waals surface area (Å²) in [6, 6.07) is 5.69. The summed E-state index contributed by atoms with van der Waals surface area (Å²) in [5.41, 5.74) is 0.473. The predicted molar refractivity (Wildman–Crippen MR) is 79.6 cm³/mol. The van der Waals surface area contributed by atoms with Gasteiger partial charge in [0.15, 0.2) is 0 Å². The van der Waals surface area contributed by atoms with Crippen LogP contribution in [0.5, 0.6) is 5.75 Å². The third-order valence-corrected chi connectivity index (χ3v) is 2.88. The fourth-order valence-electron chi connectivity index (χ4n) is 1.47. The second-order valence-corrected chi connectivity index (χ2v) is 5.97. The number of halogens is 1. The zero-order valence-corrected chi connectivity index (χ0v) is 13.3. The first-order valence-corrected chi connectivity index (χ1v) is 6.90. The van der Waals surface area contributed by atoms with Gasteiger partial charge in [0.25, 0.3) is 0 Å². The second-order valence-electron chi connectivity index (χ2n) is 5.11.